The molecule has 0 atom stereocenters. The summed E-state index contributed by atoms with van der Waals surface area (Å²) in [6.07, 6.45) is 59.3. The van der Waals surface area contributed by atoms with Gasteiger partial charge in [0.1, 0.15) is 12.4 Å². The minimum atomic E-state index is 1.23. The number of unbranched alkanes of at least 4 members (excludes halogenated alkanes) is 34. The second kappa shape index (κ2) is 37.5. The maximum absolute atomic E-state index is 2.65. The summed E-state index contributed by atoms with van der Waals surface area (Å²) in [5.41, 5.74) is 0. The fraction of sp³-hybridized carbons (Fsp3) is 0.935. The first-order valence-electron chi connectivity index (χ1n) is 22.9. The van der Waals surface area contributed by atoms with Crippen LogP contribution in [0.15, 0.2) is 12.4 Å². The molecule has 0 aliphatic carbocycles. The molecule has 284 valence electrons. The molecule has 0 spiro atoms. The highest BCUT2D eigenvalue weighted by Gasteiger charge is 2.16. The van der Waals surface area contributed by atoms with E-state index in [1.54, 1.807) is 5.82 Å². The van der Waals surface area contributed by atoms with Crippen molar-refractivity contribution in [2.24, 2.45) is 0 Å². The molecule has 0 radical (unpaired) electrons. The molecule has 0 unspecified atom stereocenters. The minimum absolute atomic E-state index is 1.23. The largest absolute Gasteiger partial charge is 0.256 e. The van der Waals surface area contributed by atoms with E-state index >= 15 is 0 Å². The van der Waals surface area contributed by atoms with E-state index in [0.717, 1.165) is 0 Å². The maximum Gasteiger partial charge on any atom is 0.256 e. The third-order valence-corrected chi connectivity index (χ3v) is 11.1. The van der Waals surface area contributed by atoms with E-state index in [9.17, 15) is 0 Å². The van der Waals surface area contributed by atoms with Crippen molar-refractivity contribution in [2.45, 2.75) is 278 Å². The first kappa shape index (κ1) is 45.2. The van der Waals surface area contributed by atoms with Gasteiger partial charge in [0, 0.05) is 6.42 Å². The zero-order chi connectivity index (χ0) is 34.4. The Kier molecular flexibility index (Phi) is 35.3. The Hall–Kier alpha value is -0.790. The molecule has 1 heterocycles. The van der Waals surface area contributed by atoms with Crippen LogP contribution in [0.3, 0.4) is 0 Å². The number of hydrogen-bond donors (Lipinski definition) is 0. The van der Waals surface area contributed by atoms with Gasteiger partial charge in [0.15, 0.2) is 0 Å². The molecule has 1 aromatic heterocycles. The van der Waals surface area contributed by atoms with Gasteiger partial charge in [-0.2, -0.15) is 0 Å². The molecule has 0 bridgehead atoms. The van der Waals surface area contributed by atoms with E-state index in [1.807, 2.05) is 0 Å². The molecule has 0 amide bonds. The van der Waals surface area contributed by atoms with Gasteiger partial charge in [-0.3, -0.25) is 0 Å². The van der Waals surface area contributed by atoms with Crippen LogP contribution in [0.2, 0.25) is 0 Å². The SMILES string of the molecule is CCCCCCCCCCCCCCCC[n+]1ccn(CCCCCCCCCCCCCC)c1CCCCCCCCCCCCC. The van der Waals surface area contributed by atoms with E-state index in [4.69, 9.17) is 0 Å². The zero-order valence-electron chi connectivity index (χ0n) is 33.8. The van der Waals surface area contributed by atoms with Crippen molar-refractivity contribution in [3.8, 4) is 0 Å². The summed E-state index contributed by atoms with van der Waals surface area (Å²) < 4.78 is 5.30. The second-order valence-electron chi connectivity index (χ2n) is 15.9. The number of nitrogens with zero attached hydrogens (tertiary/aromatic N) is 2. The number of aromatic nitrogens is 2. The van der Waals surface area contributed by atoms with E-state index in [-0.39, 0.29) is 0 Å². The average Bonchev–Trinajstić information content (AvgIpc) is 3.48. The molecular weight excluding hydrogens is 581 g/mol. The van der Waals surface area contributed by atoms with Gasteiger partial charge in [0.2, 0.25) is 0 Å². The van der Waals surface area contributed by atoms with Crippen molar-refractivity contribution < 1.29 is 4.57 Å². The molecule has 0 aromatic carbocycles. The molecular formula is C46H91N2+. The van der Waals surface area contributed by atoms with Gasteiger partial charge in [-0.25, -0.2) is 9.13 Å². The summed E-state index contributed by atoms with van der Waals surface area (Å²) in [5.74, 6) is 1.63. The lowest BCUT2D eigenvalue weighted by Crippen LogP contribution is -2.37. The molecule has 48 heavy (non-hydrogen) atoms. The molecule has 0 fully saturated rings. The molecule has 0 N–H and O–H groups in total. The first-order valence-corrected chi connectivity index (χ1v) is 22.9. The van der Waals surface area contributed by atoms with Gasteiger partial charge in [0.25, 0.3) is 5.82 Å². The van der Waals surface area contributed by atoms with E-state index in [2.05, 4.69) is 42.3 Å². The highest BCUT2D eigenvalue weighted by atomic mass is 15.1. The number of rotatable bonds is 40. The predicted molar refractivity (Wildman–Crippen MR) is 216 cm³/mol. The van der Waals surface area contributed by atoms with E-state index in [0.29, 0.717) is 0 Å². The Morgan fingerprint density at radius 2 is 0.646 bits per heavy atom. The van der Waals surface area contributed by atoms with Crippen molar-refractivity contribution >= 4 is 0 Å². The first-order chi connectivity index (χ1) is 23.8. The lowest BCUT2D eigenvalue weighted by atomic mass is 10.0. The van der Waals surface area contributed by atoms with E-state index < -0.39 is 0 Å². The summed E-state index contributed by atoms with van der Waals surface area (Å²) in [6.45, 7) is 9.41. The van der Waals surface area contributed by atoms with Crippen molar-refractivity contribution in [1.82, 2.24) is 4.57 Å². The molecule has 2 heteroatoms. The van der Waals surface area contributed by atoms with Gasteiger partial charge in [-0.1, -0.05) is 226 Å². The second-order valence-corrected chi connectivity index (χ2v) is 15.9. The summed E-state index contributed by atoms with van der Waals surface area (Å²) in [6, 6.07) is 0. The van der Waals surface area contributed by atoms with Gasteiger partial charge >= 0.3 is 0 Å². The monoisotopic (exact) mass is 672 g/mol. The Bertz CT molecular complexity index is 736. The van der Waals surface area contributed by atoms with Gasteiger partial charge < -0.3 is 0 Å². The van der Waals surface area contributed by atoms with Crippen LogP contribution in [0.5, 0.6) is 0 Å². The minimum Gasteiger partial charge on any atom is -0.234 e. The third-order valence-electron chi connectivity index (χ3n) is 11.1. The Labute approximate surface area is 304 Å². The van der Waals surface area contributed by atoms with Crippen LogP contribution in [-0.2, 0) is 19.5 Å². The highest BCUT2D eigenvalue weighted by Crippen LogP contribution is 2.16. The van der Waals surface area contributed by atoms with Crippen molar-refractivity contribution in [1.29, 1.82) is 0 Å². The molecule has 0 saturated heterocycles. The quantitative estimate of drug-likeness (QED) is 0.0485. The maximum atomic E-state index is 2.65. The summed E-state index contributed by atoms with van der Waals surface area (Å²) >= 11 is 0. The van der Waals surface area contributed by atoms with Gasteiger partial charge in [-0.15, -0.1) is 0 Å². The Morgan fingerprint density at radius 3 is 1.00 bits per heavy atom. The van der Waals surface area contributed by atoms with Crippen molar-refractivity contribution in [3.05, 3.63) is 18.2 Å². The van der Waals surface area contributed by atoms with Crippen molar-refractivity contribution in [2.75, 3.05) is 0 Å². The fourth-order valence-corrected chi connectivity index (χ4v) is 7.74. The Balaban J connectivity index is 2.27. The van der Waals surface area contributed by atoms with Crippen molar-refractivity contribution in [3.63, 3.8) is 0 Å². The van der Waals surface area contributed by atoms with Crippen LogP contribution in [0.25, 0.3) is 0 Å². The number of imidazole rings is 1. The summed E-state index contributed by atoms with van der Waals surface area (Å²) in [4.78, 5) is 0. The molecule has 0 aliphatic rings. The normalized spacial score (nSPS) is 11.6. The lowest BCUT2D eigenvalue weighted by molar-refractivity contribution is -0.704. The Morgan fingerprint density at radius 1 is 0.354 bits per heavy atom. The number of aryl methyl sites for hydroxylation is 2. The van der Waals surface area contributed by atoms with Crippen LogP contribution in [0.4, 0.5) is 0 Å². The van der Waals surface area contributed by atoms with Crippen LogP contribution in [0, 0.1) is 0 Å². The molecule has 0 aliphatic heterocycles. The summed E-state index contributed by atoms with van der Waals surface area (Å²) in [7, 11) is 0. The molecule has 1 aromatic rings. The fourth-order valence-electron chi connectivity index (χ4n) is 7.74. The van der Waals surface area contributed by atoms with Crippen LogP contribution < -0.4 is 4.57 Å². The standard InChI is InChI=1S/C46H91N2/c1-4-7-10-13-16-19-22-24-25-28-31-34-37-40-43-48-45-44-47(42-39-36-33-30-27-23-20-17-14-11-8-5-2)46(48)41-38-35-32-29-26-21-18-15-12-9-6-3/h44-45H,4-43H2,1-3H3/q+1. The van der Waals surface area contributed by atoms with Gasteiger partial charge in [-0.05, 0) is 32.1 Å². The zero-order valence-corrected chi connectivity index (χ0v) is 33.8. The van der Waals surface area contributed by atoms with Crippen LogP contribution in [0.1, 0.15) is 264 Å². The van der Waals surface area contributed by atoms with Crippen LogP contribution >= 0.6 is 0 Å². The molecule has 0 saturated carbocycles. The van der Waals surface area contributed by atoms with Gasteiger partial charge in [0.05, 0.1) is 13.1 Å². The lowest BCUT2D eigenvalue weighted by Gasteiger charge is -2.07. The predicted octanol–water partition coefficient (Wildman–Crippen LogP) is 15.8. The topological polar surface area (TPSA) is 8.81 Å². The number of hydrogen-bond acceptors (Lipinski definition) is 0. The van der Waals surface area contributed by atoms with Crippen LogP contribution in [-0.4, -0.2) is 4.57 Å². The smallest absolute Gasteiger partial charge is 0.234 e. The highest BCUT2D eigenvalue weighted by molar-refractivity contribution is 4.84. The average molecular weight is 672 g/mol. The third kappa shape index (κ3) is 29.0. The molecule has 1 rings (SSSR count). The van der Waals surface area contributed by atoms with E-state index in [1.165, 1.54) is 257 Å². The molecule has 2 nitrogen and oxygen atoms in total. The summed E-state index contributed by atoms with van der Waals surface area (Å²) in [5, 5.41) is 0.